The van der Waals surface area contributed by atoms with Crippen molar-refractivity contribution in [1.82, 2.24) is 4.57 Å². The Morgan fingerprint density at radius 1 is 0.815 bits per heavy atom. The fourth-order valence-corrected chi connectivity index (χ4v) is 3.34. The lowest BCUT2D eigenvalue weighted by atomic mass is 10.1. The Hall–Kier alpha value is -0.680. The van der Waals surface area contributed by atoms with Crippen molar-refractivity contribution in [1.29, 1.82) is 0 Å². The summed E-state index contributed by atoms with van der Waals surface area (Å²) in [5.74, 6) is 1.58. The SMILES string of the molecule is CCCCc1c(CCCC)[n+](C)c(CCCC)n1CCCC.O=P(O)(O)O. The highest BCUT2D eigenvalue weighted by molar-refractivity contribution is 7.45. The summed E-state index contributed by atoms with van der Waals surface area (Å²) >= 11 is 0. The summed E-state index contributed by atoms with van der Waals surface area (Å²) in [7, 11) is -2.33. The van der Waals surface area contributed by atoms with Crippen LogP contribution in [0, 0.1) is 0 Å². The first kappa shape index (κ1) is 26.3. The predicted octanol–water partition coefficient (Wildman–Crippen LogP) is 4.21. The Kier molecular flexibility index (Phi) is 14.0. The van der Waals surface area contributed by atoms with Crippen LogP contribution in [0.3, 0.4) is 0 Å². The van der Waals surface area contributed by atoms with Gasteiger partial charge in [0.15, 0.2) is 0 Å². The molecule has 1 rings (SSSR count). The van der Waals surface area contributed by atoms with Crippen molar-refractivity contribution in [3.8, 4) is 0 Å². The summed E-state index contributed by atoms with van der Waals surface area (Å²) in [5, 5.41) is 0. The van der Waals surface area contributed by atoms with Crippen molar-refractivity contribution >= 4 is 7.82 Å². The molecular formula is C20H42N2O4P+. The lowest BCUT2D eigenvalue weighted by Crippen LogP contribution is -2.36. The van der Waals surface area contributed by atoms with Crippen LogP contribution in [-0.2, 0) is 37.4 Å². The van der Waals surface area contributed by atoms with Crippen molar-refractivity contribution in [2.75, 3.05) is 0 Å². The lowest BCUT2D eigenvalue weighted by molar-refractivity contribution is -0.686. The summed E-state index contributed by atoms with van der Waals surface area (Å²) in [4.78, 5) is 21.6. The van der Waals surface area contributed by atoms with Crippen LogP contribution in [0.4, 0.5) is 0 Å². The van der Waals surface area contributed by atoms with E-state index in [1.807, 2.05) is 0 Å². The molecule has 0 fully saturated rings. The Balaban J connectivity index is 0.00000119. The second kappa shape index (κ2) is 14.3. The van der Waals surface area contributed by atoms with Crippen LogP contribution in [0.5, 0.6) is 0 Å². The third-order valence-electron chi connectivity index (χ3n) is 4.79. The van der Waals surface area contributed by atoms with E-state index < -0.39 is 7.82 Å². The highest BCUT2D eigenvalue weighted by atomic mass is 31.2. The largest absolute Gasteiger partial charge is 0.466 e. The number of hydrogen-bond acceptors (Lipinski definition) is 1. The normalized spacial score (nSPS) is 11.4. The van der Waals surface area contributed by atoms with Gasteiger partial charge in [-0.25, -0.2) is 13.7 Å². The summed E-state index contributed by atoms with van der Waals surface area (Å²) in [5.41, 5.74) is 3.27. The standard InChI is InChI=1S/C20H39N2.H3O4P/c1-6-10-14-18-19(15-11-7-2)22(17-13-9-4)20(21(18)5)16-12-8-3;1-5(2,3)4/h6-17H2,1-5H3;(H3,1,2,3,4)/q+1;. The molecule has 0 saturated carbocycles. The lowest BCUT2D eigenvalue weighted by Gasteiger charge is -2.05. The van der Waals surface area contributed by atoms with Gasteiger partial charge in [0.05, 0.1) is 13.6 Å². The molecule has 0 spiro atoms. The van der Waals surface area contributed by atoms with Gasteiger partial charge in [-0.3, -0.25) is 0 Å². The summed E-state index contributed by atoms with van der Waals surface area (Å²) in [6.45, 7) is 10.4. The van der Waals surface area contributed by atoms with Gasteiger partial charge >= 0.3 is 7.82 Å². The molecule has 3 N–H and O–H groups in total. The molecule has 1 heterocycles. The molecule has 0 bridgehead atoms. The van der Waals surface area contributed by atoms with Crippen LogP contribution >= 0.6 is 7.82 Å². The minimum Gasteiger partial charge on any atom is -0.303 e. The van der Waals surface area contributed by atoms with Gasteiger partial charge < -0.3 is 14.7 Å². The summed E-state index contributed by atoms with van der Waals surface area (Å²) in [6.07, 6.45) is 14.2. The Bertz CT molecular complexity index is 521. The average molecular weight is 406 g/mol. The van der Waals surface area contributed by atoms with E-state index in [9.17, 15) is 0 Å². The van der Waals surface area contributed by atoms with E-state index in [0.717, 1.165) is 0 Å². The van der Waals surface area contributed by atoms with E-state index in [0.29, 0.717) is 0 Å². The summed E-state index contributed by atoms with van der Waals surface area (Å²) < 4.78 is 14.1. The zero-order valence-corrected chi connectivity index (χ0v) is 19.0. The minimum atomic E-state index is -4.64. The van der Waals surface area contributed by atoms with Gasteiger partial charge in [-0.2, -0.15) is 0 Å². The van der Waals surface area contributed by atoms with Crippen LogP contribution in [0.15, 0.2) is 0 Å². The van der Waals surface area contributed by atoms with E-state index in [2.05, 4.69) is 43.9 Å². The van der Waals surface area contributed by atoms with E-state index in [4.69, 9.17) is 19.2 Å². The molecule has 0 radical (unpaired) electrons. The molecule has 0 atom stereocenters. The maximum Gasteiger partial charge on any atom is 0.466 e. The van der Waals surface area contributed by atoms with Crippen LogP contribution in [0.25, 0.3) is 0 Å². The molecule has 160 valence electrons. The van der Waals surface area contributed by atoms with Gasteiger partial charge in [0.25, 0.3) is 5.82 Å². The highest BCUT2D eigenvalue weighted by Gasteiger charge is 2.26. The molecule has 1 aromatic heterocycles. The quantitative estimate of drug-likeness (QED) is 0.359. The van der Waals surface area contributed by atoms with Gasteiger partial charge in [0.2, 0.25) is 0 Å². The zero-order chi connectivity index (χ0) is 20.9. The second-order valence-corrected chi connectivity index (χ2v) is 8.22. The molecule has 1 aromatic rings. The number of hydrogen-bond donors (Lipinski definition) is 3. The smallest absolute Gasteiger partial charge is 0.303 e. The van der Waals surface area contributed by atoms with Gasteiger partial charge in [-0.05, 0) is 25.7 Å². The van der Waals surface area contributed by atoms with E-state index in [1.165, 1.54) is 77.2 Å². The van der Waals surface area contributed by atoms with Crippen LogP contribution < -0.4 is 4.57 Å². The monoisotopic (exact) mass is 405 g/mol. The first-order valence-electron chi connectivity index (χ1n) is 10.6. The number of aromatic nitrogens is 2. The number of nitrogens with zero attached hydrogens (tertiary/aromatic N) is 2. The maximum atomic E-state index is 8.88. The van der Waals surface area contributed by atoms with E-state index >= 15 is 0 Å². The Morgan fingerprint density at radius 2 is 1.26 bits per heavy atom. The number of rotatable bonds is 12. The molecule has 0 aliphatic heterocycles. The number of imidazole rings is 1. The Labute approximate surface area is 165 Å². The second-order valence-electron chi connectivity index (χ2n) is 7.20. The molecule has 6 nitrogen and oxygen atoms in total. The minimum absolute atomic E-state index is 1.22. The topological polar surface area (TPSA) is 86.6 Å². The zero-order valence-electron chi connectivity index (χ0n) is 18.1. The molecule has 0 unspecified atom stereocenters. The van der Waals surface area contributed by atoms with Gasteiger partial charge in [0, 0.05) is 19.3 Å². The maximum absolute atomic E-state index is 8.88. The van der Waals surface area contributed by atoms with Crippen molar-refractivity contribution in [2.24, 2.45) is 7.05 Å². The predicted molar refractivity (Wildman–Crippen MR) is 111 cm³/mol. The fourth-order valence-electron chi connectivity index (χ4n) is 3.34. The molecule has 27 heavy (non-hydrogen) atoms. The summed E-state index contributed by atoms with van der Waals surface area (Å²) in [6, 6.07) is 0. The van der Waals surface area contributed by atoms with Gasteiger partial charge in [0.1, 0.15) is 11.4 Å². The Morgan fingerprint density at radius 3 is 1.74 bits per heavy atom. The average Bonchev–Trinajstić information content (AvgIpc) is 2.83. The molecule has 0 aromatic carbocycles. The molecule has 7 heteroatoms. The fraction of sp³-hybridized carbons (Fsp3) is 0.850. The number of phosphoric acid groups is 1. The van der Waals surface area contributed by atoms with Gasteiger partial charge in [-0.15, -0.1) is 0 Å². The first-order valence-corrected chi connectivity index (χ1v) is 12.1. The van der Waals surface area contributed by atoms with Crippen molar-refractivity contribution in [3.63, 3.8) is 0 Å². The molecule has 0 aliphatic carbocycles. The molecule has 0 amide bonds. The van der Waals surface area contributed by atoms with E-state index in [-0.39, 0.29) is 0 Å². The van der Waals surface area contributed by atoms with Crippen LogP contribution in [0.1, 0.15) is 96.3 Å². The third kappa shape index (κ3) is 11.0. The first-order chi connectivity index (χ1) is 12.7. The molecule has 0 aliphatic rings. The molecular weight excluding hydrogens is 363 g/mol. The van der Waals surface area contributed by atoms with Crippen LogP contribution in [0.2, 0.25) is 0 Å². The highest BCUT2D eigenvalue weighted by Crippen LogP contribution is 2.25. The van der Waals surface area contributed by atoms with Crippen LogP contribution in [-0.4, -0.2) is 19.2 Å². The third-order valence-corrected chi connectivity index (χ3v) is 4.79. The van der Waals surface area contributed by atoms with Crippen molar-refractivity contribution in [2.45, 2.75) is 105 Å². The van der Waals surface area contributed by atoms with E-state index in [1.54, 1.807) is 17.2 Å². The molecule has 0 saturated heterocycles. The van der Waals surface area contributed by atoms with Gasteiger partial charge in [-0.1, -0.05) is 53.4 Å². The van der Waals surface area contributed by atoms with Crippen molar-refractivity contribution in [3.05, 3.63) is 17.2 Å². The van der Waals surface area contributed by atoms with Crippen molar-refractivity contribution < 1.29 is 23.8 Å². The number of unbranched alkanes of at least 4 members (excludes halogenated alkanes) is 4.